The van der Waals surface area contributed by atoms with Crippen molar-refractivity contribution in [1.29, 1.82) is 0 Å². The molecular formula is C24H33ClN4OS. The summed E-state index contributed by atoms with van der Waals surface area (Å²) >= 11 is 7.87. The summed E-state index contributed by atoms with van der Waals surface area (Å²) in [7, 11) is 0. The first-order chi connectivity index (χ1) is 15.1. The van der Waals surface area contributed by atoms with Crippen molar-refractivity contribution in [3.8, 4) is 0 Å². The van der Waals surface area contributed by atoms with Crippen molar-refractivity contribution in [2.24, 2.45) is 5.92 Å². The van der Waals surface area contributed by atoms with E-state index in [0.717, 1.165) is 68.3 Å². The second-order valence-electron chi connectivity index (χ2n) is 9.60. The van der Waals surface area contributed by atoms with Gasteiger partial charge < -0.3 is 15.1 Å². The van der Waals surface area contributed by atoms with Gasteiger partial charge in [-0.3, -0.25) is 0 Å². The number of carbonyl (C=O) groups excluding carboxylic acids is 1. The number of nitrogens with zero attached hydrogens (tertiary/aromatic N) is 3. The van der Waals surface area contributed by atoms with Crippen LogP contribution in [0.25, 0.3) is 10.2 Å². The molecule has 3 fully saturated rings. The number of amides is 2. The molecule has 7 heteroatoms. The van der Waals surface area contributed by atoms with Gasteiger partial charge in [0.05, 0.1) is 15.2 Å². The molecule has 1 saturated carbocycles. The summed E-state index contributed by atoms with van der Waals surface area (Å²) in [4.78, 5) is 22.3. The Morgan fingerprint density at radius 2 is 1.81 bits per heavy atom. The predicted octanol–water partition coefficient (Wildman–Crippen LogP) is 5.49. The van der Waals surface area contributed by atoms with Crippen LogP contribution in [0.2, 0.25) is 5.02 Å². The van der Waals surface area contributed by atoms with Crippen molar-refractivity contribution in [3.63, 3.8) is 0 Å². The number of benzene rings is 1. The van der Waals surface area contributed by atoms with Crippen LogP contribution in [0.5, 0.6) is 0 Å². The minimum atomic E-state index is 0.128. The minimum Gasteiger partial charge on any atom is -0.335 e. The van der Waals surface area contributed by atoms with E-state index in [9.17, 15) is 4.79 Å². The number of likely N-dealkylation sites (tertiary alicyclic amines) is 2. The van der Waals surface area contributed by atoms with Crippen LogP contribution in [0, 0.1) is 5.92 Å². The molecule has 0 radical (unpaired) electrons. The van der Waals surface area contributed by atoms with E-state index in [1.54, 1.807) is 11.3 Å². The van der Waals surface area contributed by atoms with Gasteiger partial charge in [0.2, 0.25) is 0 Å². The third-order valence-corrected chi connectivity index (χ3v) is 8.84. The summed E-state index contributed by atoms with van der Waals surface area (Å²) in [5, 5.41) is 5.24. The van der Waals surface area contributed by atoms with Gasteiger partial charge in [0.25, 0.3) is 0 Å². The predicted molar refractivity (Wildman–Crippen MR) is 128 cm³/mol. The standard InChI is InChI=1S/C24H33ClN4OS/c25-19-5-6-22-21(15-19)27-23(31-22)18-7-13-29(14-8-18)24(30)26-20-9-11-28(12-10-20)16-17-3-1-2-4-17/h5-6,15,17-18,20H,1-4,7-14,16H2,(H,26,30). The number of nitrogens with one attached hydrogen (secondary N) is 1. The molecule has 168 valence electrons. The molecule has 0 atom stereocenters. The number of fused-ring (bicyclic) bond motifs is 1. The zero-order chi connectivity index (χ0) is 21.2. The monoisotopic (exact) mass is 460 g/mol. The Morgan fingerprint density at radius 1 is 1.06 bits per heavy atom. The molecule has 1 aromatic carbocycles. The average molecular weight is 461 g/mol. The van der Waals surface area contributed by atoms with Crippen LogP contribution in [0.1, 0.15) is 62.3 Å². The number of rotatable bonds is 4. The number of halogens is 1. The molecule has 2 saturated heterocycles. The second kappa shape index (κ2) is 9.63. The maximum Gasteiger partial charge on any atom is 0.317 e. The van der Waals surface area contributed by atoms with Crippen LogP contribution < -0.4 is 5.32 Å². The summed E-state index contributed by atoms with van der Waals surface area (Å²) in [6.07, 6.45) is 9.81. The Labute approximate surface area is 194 Å². The molecule has 2 amide bonds. The van der Waals surface area contributed by atoms with E-state index in [2.05, 4.69) is 16.3 Å². The van der Waals surface area contributed by atoms with Gasteiger partial charge in [-0.2, -0.15) is 0 Å². The zero-order valence-electron chi connectivity index (χ0n) is 18.2. The number of urea groups is 1. The molecule has 2 aliphatic heterocycles. The van der Waals surface area contributed by atoms with Crippen LogP contribution in [0.4, 0.5) is 4.79 Å². The molecule has 31 heavy (non-hydrogen) atoms. The molecule has 1 aromatic heterocycles. The molecule has 2 aromatic rings. The Kier molecular flexibility index (Phi) is 6.67. The van der Waals surface area contributed by atoms with Crippen LogP contribution in [0.3, 0.4) is 0 Å². The highest BCUT2D eigenvalue weighted by molar-refractivity contribution is 7.18. The topological polar surface area (TPSA) is 48.5 Å². The lowest BCUT2D eigenvalue weighted by Crippen LogP contribution is -2.51. The molecule has 1 aliphatic carbocycles. The maximum absolute atomic E-state index is 12.8. The van der Waals surface area contributed by atoms with Crippen LogP contribution in [0.15, 0.2) is 18.2 Å². The molecule has 3 aliphatic rings. The highest BCUT2D eigenvalue weighted by Crippen LogP contribution is 2.34. The Hall–Kier alpha value is -1.37. The van der Waals surface area contributed by atoms with Gasteiger partial charge in [-0.05, 0) is 62.6 Å². The first kappa shape index (κ1) is 21.5. The molecular weight excluding hydrogens is 428 g/mol. The Balaban J connectivity index is 1.07. The van der Waals surface area contributed by atoms with Gasteiger partial charge in [0, 0.05) is 49.7 Å². The van der Waals surface area contributed by atoms with Crippen molar-refractivity contribution in [2.75, 3.05) is 32.7 Å². The summed E-state index contributed by atoms with van der Waals surface area (Å²) < 4.78 is 1.19. The number of carbonyl (C=O) groups is 1. The lowest BCUT2D eigenvalue weighted by Gasteiger charge is -2.36. The quantitative estimate of drug-likeness (QED) is 0.655. The number of aromatic nitrogens is 1. The number of piperidine rings is 2. The van der Waals surface area contributed by atoms with Crippen molar-refractivity contribution < 1.29 is 4.79 Å². The van der Waals surface area contributed by atoms with Crippen molar-refractivity contribution in [2.45, 2.75) is 63.3 Å². The molecule has 5 rings (SSSR count). The summed E-state index contributed by atoms with van der Waals surface area (Å²) in [6, 6.07) is 6.39. The van der Waals surface area contributed by atoms with Gasteiger partial charge in [0.1, 0.15) is 0 Å². The molecule has 3 heterocycles. The lowest BCUT2D eigenvalue weighted by atomic mass is 9.97. The minimum absolute atomic E-state index is 0.128. The third kappa shape index (κ3) is 5.18. The van der Waals surface area contributed by atoms with Crippen LogP contribution in [-0.2, 0) is 0 Å². The van der Waals surface area contributed by atoms with E-state index in [-0.39, 0.29) is 6.03 Å². The van der Waals surface area contributed by atoms with Crippen molar-refractivity contribution in [3.05, 3.63) is 28.2 Å². The summed E-state index contributed by atoms with van der Waals surface area (Å²) in [5.74, 6) is 1.36. The van der Waals surface area contributed by atoms with Crippen LogP contribution in [-0.4, -0.2) is 59.6 Å². The lowest BCUT2D eigenvalue weighted by molar-refractivity contribution is 0.153. The Morgan fingerprint density at radius 3 is 2.55 bits per heavy atom. The SMILES string of the molecule is O=C(NC1CCN(CC2CCCC2)CC1)N1CCC(c2nc3cc(Cl)ccc3s2)CC1. The summed E-state index contributed by atoms with van der Waals surface area (Å²) in [5.41, 5.74) is 0.993. The first-order valence-corrected chi connectivity index (χ1v) is 13.2. The zero-order valence-corrected chi connectivity index (χ0v) is 19.8. The maximum atomic E-state index is 12.8. The van der Waals surface area contributed by atoms with Crippen molar-refractivity contribution in [1.82, 2.24) is 20.1 Å². The van der Waals surface area contributed by atoms with E-state index in [1.807, 2.05) is 17.0 Å². The normalized spacial score (nSPS) is 22.4. The number of hydrogen-bond acceptors (Lipinski definition) is 4. The van der Waals surface area contributed by atoms with E-state index in [1.165, 1.54) is 41.9 Å². The van der Waals surface area contributed by atoms with E-state index in [0.29, 0.717) is 12.0 Å². The highest BCUT2D eigenvalue weighted by Gasteiger charge is 2.29. The average Bonchev–Trinajstić information content (AvgIpc) is 3.44. The van der Waals surface area contributed by atoms with Gasteiger partial charge >= 0.3 is 6.03 Å². The van der Waals surface area contributed by atoms with Gasteiger partial charge in [-0.1, -0.05) is 24.4 Å². The van der Waals surface area contributed by atoms with Gasteiger partial charge in [-0.25, -0.2) is 9.78 Å². The van der Waals surface area contributed by atoms with Crippen molar-refractivity contribution >= 4 is 39.2 Å². The highest BCUT2D eigenvalue weighted by atomic mass is 35.5. The van der Waals surface area contributed by atoms with Crippen LogP contribution >= 0.6 is 22.9 Å². The second-order valence-corrected chi connectivity index (χ2v) is 11.1. The number of thiazole rings is 1. The molecule has 0 unspecified atom stereocenters. The van der Waals surface area contributed by atoms with Gasteiger partial charge in [-0.15, -0.1) is 11.3 Å². The fourth-order valence-corrected chi connectivity index (χ4v) is 6.79. The molecule has 0 spiro atoms. The Bertz CT molecular complexity index is 896. The molecule has 5 nitrogen and oxygen atoms in total. The third-order valence-electron chi connectivity index (χ3n) is 7.40. The fourth-order valence-electron chi connectivity index (χ4n) is 5.51. The molecule has 1 N–H and O–H groups in total. The smallest absolute Gasteiger partial charge is 0.317 e. The fraction of sp³-hybridized carbons (Fsp3) is 0.667. The summed E-state index contributed by atoms with van der Waals surface area (Å²) in [6.45, 7) is 5.16. The van der Waals surface area contributed by atoms with Gasteiger partial charge in [0.15, 0.2) is 0 Å². The molecule has 0 bridgehead atoms. The van der Waals surface area contributed by atoms with E-state index >= 15 is 0 Å². The van der Waals surface area contributed by atoms with E-state index < -0.39 is 0 Å². The number of hydrogen-bond donors (Lipinski definition) is 1. The largest absolute Gasteiger partial charge is 0.335 e. The first-order valence-electron chi connectivity index (χ1n) is 12.0. The van der Waals surface area contributed by atoms with E-state index in [4.69, 9.17) is 16.6 Å².